The summed E-state index contributed by atoms with van der Waals surface area (Å²) >= 11 is 0. The Morgan fingerprint density at radius 3 is 1.16 bits per heavy atom. The minimum atomic E-state index is -0.520. The van der Waals surface area contributed by atoms with Crippen molar-refractivity contribution in [2.24, 2.45) is 0 Å². The molecule has 0 aliphatic carbocycles. The molecule has 0 aliphatic heterocycles. The molecule has 0 saturated carbocycles. The summed E-state index contributed by atoms with van der Waals surface area (Å²) < 4.78 is 18.9. The summed E-state index contributed by atoms with van der Waals surface area (Å²) in [5.74, 6) is 1.72. The normalized spacial score (nSPS) is 12.3. The Hall–Kier alpha value is -5.40. The lowest BCUT2D eigenvalue weighted by Crippen LogP contribution is -2.16. The highest BCUT2D eigenvalue weighted by atomic mass is 16.5. The average Bonchev–Trinajstić information content (AvgIpc) is 3.23. The second kappa shape index (κ2) is 20.3. The summed E-state index contributed by atoms with van der Waals surface area (Å²) in [4.78, 5) is 19.7. The monoisotopic (exact) mass is 734 g/mol. The van der Waals surface area contributed by atoms with Crippen LogP contribution in [0.5, 0.6) is 11.5 Å². The first kappa shape index (κ1) is 39.3. The zero-order chi connectivity index (χ0) is 38.2. The van der Waals surface area contributed by atoms with Gasteiger partial charge in [-0.3, -0.25) is 19.9 Å². The Labute approximate surface area is 327 Å². The topological polar surface area (TPSA) is 79.2 Å². The Kier molecular flexibility index (Phi) is 14.5. The number of unbranched alkanes of at least 4 members (excludes halogenated alkanes) is 2. The molecule has 7 nitrogen and oxygen atoms in total. The second-order valence-corrected chi connectivity index (χ2v) is 14.0. The van der Waals surface area contributed by atoms with Crippen molar-refractivity contribution in [2.45, 2.75) is 91.3 Å². The zero-order valence-electron chi connectivity index (χ0n) is 32.8. The molecule has 2 unspecified atom stereocenters. The minimum absolute atomic E-state index is 0.520. The summed E-state index contributed by atoms with van der Waals surface area (Å²) in [6.07, 6.45) is 14.8. The standard InChI is InChI=1S/C48H54N4O3/c1-5-9-29-53-41-25-21-37(22-26-41)43-31-51-45(33-49-43)47(39-17-13-35(11-7-3)14-18-39)55-48(40-19-15-36(12-8-4)16-20-40)46-34-50-44(32-52-46)38-23-27-42(28-24-38)54-30-10-6-2/h13-28,31-34,47-48H,5-12,29-30H2,1-4H3. The Morgan fingerprint density at radius 2 is 0.836 bits per heavy atom. The molecule has 284 valence electrons. The number of ether oxygens (including phenoxy) is 3. The Bertz CT molecular complexity index is 1850. The highest BCUT2D eigenvalue weighted by molar-refractivity contribution is 5.60. The summed E-state index contributed by atoms with van der Waals surface area (Å²) in [5, 5.41) is 0. The van der Waals surface area contributed by atoms with Crippen LogP contribution >= 0.6 is 0 Å². The lowest BCUT2D eigenvalue weighted by Gasteiger charge is -2.25. The summed E-state index contributed by atoms with van der Waals surface area (Å²) in [6.45, 7) is 10.2. The van der Waals surface area contributed by atoms with Crippen molar-refractivity contribution < 1.29 is 14.2 Å². The van der Waals surface area contributed by atoms with Crippen LogP contribution in [0.25, 0.3) is 22.5 Å². The van der Waals surface area contributed by atoms with Gasteiger partial charge in [-0.05, 0) is 96.5 Å². The molecule has 0 spiro atoms. The van der Waals surface area contributed by atoms with E-state index in [0.717, 1.165) is 96.5 Å². The van der Waals surface area contributed by atoms with Crippen molar-refractivity contribution in [1.82, 2.24) is 19.9 Å². The van der Waals surface area contributed by atoms with Crippen molar-refractivity contribution in [3.63, 3.8) is 0 Å². The third-order valence-corrected chi connectivity index (χ3v) is 9.63. The van der Waals surface area contributed by atoms with Crippen LogP contribution in [-0.4, -0.2) is 33.1 Å². The molecule has 0 fully saturated rings. The van der Waals surface area contributed by atoms with Gasteiger partial charge < -0.3 is 14.2 Å². The van der Waals surface area contributed by atoms with Gasteiger partial charge in [-0.25, -0.2) is 0 Å². The van der Waals surface area contributed by atoms with Crippen molar-refractivity contribution in [3.8, 4) is 34.0 Å². The van der Waals surface area contributed by atoms with Gasteiger partial charge in [0.2, 0.25) is 0 Å². The molecule has 4 aromatic carbocycles. The molecule has 55 heavy (non-hydrogen) atoms. The van der Waals surface area contributed by atoms with Crippen molar-refractivity contribution in [1.29, 1.82) is 0 Å². The van der Waals surface area contributed by atoms with Crippen LogP contribution in [0.2, 0.25) is 0 Å². The van der Waals surface area contributed by atoms with E-state index in [1.54, 1.807) is 0 Å². The number of aromatic nitrogens is 4. The van der Waals surface area contributed by atoms with E-state index >= 15 is 0 Å². The summed E-state index contributed by atoms with van der Waals surface area (Å²) in [6, 6.07) is 33.4. The van der Waals surface area contributed by atoms with Crippen molar-refractivity contribution >= 4 is 0 Å². The molecule has 6 rings (SSSR count). The van der Waals surface area contributed by atoms with Gasteiger partial charge in [0.25, 0.3) is 0 Å². The molecule has 7 heteroatoms. The van der Waals surface area contributed by atoms with Crippen LogP contribution in [-0.2, 0) is 17.6 Å². The third kappa shape index (κ3) is 10.9. The van der Waals surface area contributed by atoms with E-state index in [1.165, 1.54) is 11.1 Å². The zero-order valence-corrected chi connectivity index (χ0v) is 32.8. The molecule has 0 radical (unpaired) electrons. The van der Waals surface area contributed by atoms with E-state index in [4.69, 9.17) is 34.1 Å². The SMILES string of the molecule is CCCCOc1ccc(-c2cnc(C(OC(c3ccc(CCC)cc3)c3cnc(-c4ccc(OCCCC)cc4)cn3)c3ccc(CCC)cc3)cn2)cc1. The van der Waals surface area contributed by atoms with Gasteiger partial charge in [-0.2, -0.15) is 0 Å². The first-order valence-electron chi connectivity index (χ1n) is 20.0. The van der Waals surface area contributed by atoms with Crippen LogP contribution in [0.4, 0.5) is 0 Å². The molecule has 0 aliphatic rings. The van der Waals surface area contributed by atoms with Gasteiger partial charge in [0.15, 0.2) is 0 Å². The van der Waals surface area contributed by atoms with E-state index in [1.807, 2.05) is 73.3 Å². The van der Waals surface area contributed by atoms with Gasteiger partial charge in [0, 0.05) is 11.1 Å². The summed E-state index contributed by atoms with van der Waals surface area (Å²) in [5.41, 5.74) is 9.51. The van der Waals surface area contributed by atoms with E-state index in [-0.39, 0.29) is 0 Å². The molecular formula is C48H54N4O3. The maximum absolute atomic E-state index is 7.17. The fourth-order valence-corrected chi connectivity index (χ4v) is 6.43. The molecule has 0 amide bonds. The molecule has 6 aromatic rings. The van der Waals surface area contributed by atoms with Crippen LogP contribution < -0.4 is 9.47 Å². The van der Waals surface area contributed by atoms with E-state index in [0.29, 0.717) is 24.6 Å². The maximum atomic E-state index is 7.17. The average molecular weight is 735 g/mol. The molecule has 2 heterocycles. The van der Waals surface area contributed by atoms with E-state index in [9.17, 15) is 0 Å². The minimum Gasteiger partial charge on any atom is -0.494 e. The van der Waals surface area contributed by atoms with Gasteiger partial charge in [0.1, 0.15) is 23.7 Å². The number of rotatable bonds is 20. The molecular weight excluding hydrogens is 681 g/mol. The Morgan fingerprint density at radius 1 is 0.436 bits per heavy atom. The van der Waals surface area contributed by atoms with E-state index in [2.05, 4.69) is 76.2 Å². The Balaban J connectivity index is 1.31. The molecule has 0 N–H and O–H groups in total. The van der Waals surface area contributed by atoms with Crippen molar-refractivity contribution in [2.75, 3.05) is 13.2 Å². The van der Waals surface area contributed by atoms with Crippen LogP contribution in [0.3, 0.4) is 0 Å². The number of nitrogens with zero attached hydrogens (tertiary/aromatic N) is 4. The van der Waals surface area contributed by atoms with Gasteiger partial charge in [0.05, 0.1) is 60.8 Å². The molecule has 0 bridgehead atoms. The van der Waals surface area contributed by atoms with E-state index < -0.39 is 12.2 Å². The van der Waals surface area contributed by atoms with Gasteiger partial charge >= 0.3 is 0 Å². The number of hydrogen-bond donors (Lipinski definition) is 0. The molecule has 2 aromatic heterocycles. The quantitative estimate of drug-likeness (QED) is 0.0722. The lowest BCUT2D eigenvalue weighted by molar-refractivity contribution is 0.0258. The highest BCUT2D eigenvalue weighted by Crippen LogP contribution is 2.36. The van der Waals surface area contributed by atoms with Crippen LogP contribution in [0.1, 0.15) is 112 Å². The van der Waals surface area contributed by atoms with Gasteiger partial charge in [-0.15, -0.1) is 0 Å². The number of hydrogen-bond acceptors (Lipinski definition) is 7. The second-order valence-electron chi connectivity index (χ2n) is 14.0. The maximum Gasteiger partial charge on any atom is 0.127 e. The number of aryl methyl sites for hydroxylation is 2. The predicted molar refractivity (Wildman–Crippen MR) is 221 cm³/mol. The lowest BCUT2D eigenvalue weighted by atomic mass is 10.00. The number of benzene rings is 4. The first-order chi connectivity index (χ1) is 27.1. The van der Waals surface area contributed by atoms with Crippen LogP contribution in [0.15, 0.2) is 122 Å². The summed E-state index contributed by atoms with van der Waals surface area (Å²) in [7, 11) is 0. The third-order valence-electron chi connectivity index (χ3n) is 9.63. The fourth-order valence-electron chi connectivity index (χ4n) is 6.43. The smallest absolute Gasteiger partial charge is 0.127 e. The van der Waals surface area contributed by atoms with Crippen LogP contribution in [0, 0.1) is 0 Å². The molecule has 2 atom stereocenters. The fraction of sp³-hybridized carbons (Fsp3) is 0.333. The van der Waals surface area contributed by atoms with Crippen molar-refractivity contribution in [3.05, 3.63) is 155 Å². The predicted octanol–water partition coefficient (Wildman–Crippen LogP) is 11.8. The largest absolute Gasteiger partial charge is 0.494 e. The highest BCUT2D eigenvalue weighted by Gasteiger charge is 2.26. The molecule has 0 saturated heterocycles. The van der Waals surface area contributed by atoms with Gasteiger partial charge in [-0.1, -0.05) is 102 Å². The first-order valence-corrected chi connectivity index (χ1v) is 20.0.